The standard InChI is InChI=1S/C43H58N4O12/c1-21-12-11-13-22(2)42(55)45-33-28(20-44-47-17-15-46(9)16-18-47)37(52)30-31(38(33)53)36(51)26(6)40-32(30)41(54)43(8,59-40)57-19-14-29(56-10)23(3)35(50)25(5)39(58-27(7)48)24(4)34(21)49/h11-14,19-21,23-25,29,34-35,39,49-53H,15-18H2,1-10H3,(H,45,55)/b12-11+,19-14?,22-13?,44-20?/t21-,23+,24+,25-,29-,34-,35+,39+,43-/m0/s1. The van der Waals surface area contributed by atoms with E-state index in [0.717, 1.165) is 13.1 Å². The fourth-order valence-electron chi connectivity index (χ4n) is 7.92. The first-order chi connectivity index (χ1) is 27.7. The summed E-state index contributed by atoms with van der Waals surface area (Å²) >= 11 is 0. The number of benzene rings is 2. The molecule has 322 valence electrons. The van der Waals surface area contributed by atoms with Gasteiger partial charge in [-0.3, -0.25) is 19.4 Å². The zero-order valence-electron chi connectivity index (χ0n) is 35.3. The van der Waals surface area contributed by atoms with Crippen LogP contribution in [0.5, 0.6) is 23.0 Å². The molecule has 0 unspecified atom stereocenters. The van der Waals surface area contributed by atoms with Gasteiger partial charge in [-0.15, -0.1) is 0 Å². The molecule has 1 amide bonds. The zero-order valence-corrected chi connectivity index (χ0v) is 35.3. The fourth-order valence-corrected chi connectivity index (χ4v) is 7.92. The topological polar surface area (TPSA) is 220 Å². The first-order valence-corrected chi connectivity index (χ1v) is 19.8. The Balaban J connectivity index is 1.70. The Morgan fingerprint density at radius 1 is 0.949 bits per heavy atom. The van der Waals surface area contributed by atoms with E-state index < -0.39 is 88.8 Å². The lowest BCUT2D eigenvalue weighted by atomic mass is 9.78. The second-order valence-electron chi connectivity index (χ2n) is 16.1. The van der Waals surface area contributed by atoms with Crippen molar-refractivity contribution in [2.24, 2.45) is 28.8 Å². The van der Waals surface area contributed by atoms with E-state index in [9.17, 15) is 39.9 Å². The van der Waals surface area contributed by atoms with Crippen LogP contribution < -0.4 is 10.1 Å². The number of hydrogen-bond acceptors (Lipinski definition) is 15. The van der Waals surface area contributed by atoms with Crippen LogP contribution in [-0.2, 0) is 23.8 Å². The molecular formula is C43H58N4O12. The summed E-state index contributed by atoms with van der Waals surface area (Å²) in [5.74, 6) is -8.33. The summed E-state index contributed by atoms with van der Waals surface area (Å²) in [6, 6.07) is 0. The molecule has 4 aliphatic heterocycles. The molecule has 6 rings (SSSR count). The van der Waals surface area contributed by atoms with Gasteiger partial charge in [0.05, 0.1) is 53.0 Å². The van der Waals surface area contributed by atoms with Gasteiger partial charge in [0.1, 0.15) is 23.4 Å². The van der Waals surface area contributed by atoms with Crippen molar-refractivity contribution in [1.29, 1.82) is 0 Å². The number of phenolic OH excluding ortho intramolecular Hbond substituents is 3. The van der Waals surface area contributed by atoms with Crippen molar-refractivity contribution in [2.45, 2.75) is 85.6 Å². The Bertz CT molecular complexity index is 2070. The highest BCUT2D eigenvalue weighted by atomic mass is 16.7. The number of ketones is 1. The summed E-state index contributed by atoms with van der Waals surface area (Å²) < 4.78 is 23.5. The van der Waals surface area contributed by atoms with Crippen molar-refractivity contribution in [1.82, 2.24) is 9.91 Å². The molecule has 4 heterocycles. The number of fused-ring (bicyclic) bond motifs is 14. The molecule has 59 heavy (non-hydrogen) atoms. The molecule has 2 aromatic rings. The predicted molar refractivity (Wildman–Crippen MR) is 220 cm³/mol. The monoisotopic (exact) mass is 822 g/mol. The molecule has 5 bridgehead atoms. The number of nitrogens with zero attached hydrogens (tertiary/aromatic N) is 3. The van der Waals surface area contributed by atoms with Crippen molar-refractivity contribution in [2.75, 3.05) is 45.7 Å². The van der Waals surface area contributed by atoms with Crippen LogP contribution >= 0.6 is 0 Å². The van der Waals surface area contributed by atoms with Crippen molar-refractivity contribution >= 4 is 40.3 Å². The molecule has 0 aliphatic carbocycles. The van der Waals surface area contributed by atoms with Crippen molar-refractivity contribution in [3.8, 4) is 23.0 Å². The Morgan fingerprint density at radius 2 is 1.59 bits per heavy atom. The third-order valence-electron chi connectivity index (χ3n) is 11.9. The number of rotatable bonds is 4. The quantitative estimate of drug-likeness (QED) is 0.109. The third kappa shape index (κ3) is 8.91. The van der Waals surface area contributed by atoms with E-state index in [-0.39, 0.29) is 44.5 Å². The van der Waals surface area contributed by atoms with Crippen LogP contribution in [0.2, 0.25) is 0 Å². The van der Waals surface area contributed by atoms with E-state index in [1.807, 2.05) is 7.05 Å². The summed E-state index contributed by atoms with van der Waals surface area (Å²) in [5.41, 5.74) is -0.350. The smallest absolute Gasteiger partial charge is 0.312 e. The van der Waals surface area contributed by atoms with E-state index in [1.54, 1.807) is 44.9 Å². The minimum atomic E-state index is -2.04. The number of hydrazone groups is 1. The predicted octanol–water partition coefficient (Wildman–Crippen LogP) is 4.34. The van der Waals surface area contributed by atoms with Crippen LogP contribution in [0.25, 0.3) is 10.8 Å². The number of aliphatic hydroxyl groups excluding tert-OH is 2. The number of likely N-dealkylation sites (N-methyl/N-ethyl adjacent to an activating group) is 1. The summed E-state index contributed by atoms with van der Waals surface area (Å²) in [6.07, 6.45) is 4.85. The van der Waals surface area contributed by atoms with E-state index in [1.165, 1.54) is 59.4 Å². The number of Topliss-reactive ketones (excluding diaryl/α,β-unsaturated/α-hetero) is 1. The highest BCUT2D eigenvalue weighted by molar-refractivity contribution is 6.23. The van der Waals surface area contributed by atoms with Crippen LogP contribution in [0.3, 0.4) is 0 Å². The average molecular weight is 823 g/mol. The summed E-state index contributed by atoms with van der Waals surface area (Å²) in [6.45, 7) is 15.1. The van der Waals surface area contributed by atoms with Crippen LogP contribution in [0.15, 0.2) is 41.2 Å². The number of carbonyl (C=O) groups is 3. The third-order valence-corrected chi connectivity index (χ3v) is 11.9. The lowest BCUT2D eigenvalue weighted by molar-refractivity contribution is -0.161. The number of methoxy groups -OCH3 is 1. The lowest BCUT2D eigenvalue weighted by Gasteiger charge is -2.38. The van der Waals surface area contributed by atoms with Crippen molar-refractivity contribution in [3.05, 3.63) is 52.8 Å². The van der Waals surface area contributed by atoms with Gasteiger partial charge in [0.25, 0.3) is 11.7 Å². The van der Waals surface area contributed by atoms with Crippen molar-refractivity contribution < 1.29 is 58.9 Å². The number of piperazine rings is 1. The Kier molecular flexibility index (Phi) is 13.7. The van der Waals surface area contributed by atoms with Gasteiger partial charge in [0.15, 0.2) is 5.75 Å². The number of allylic oxidation sites excluding steroid dienone is 2. The molecule has 16 nitrogen and oxygen atoms in total. The molecule has 2 aromatic carbocycles. The van der Waals surface area contributed by atoms with Gasteiger partial charge in [-0.05, 0) is 27.0 Å². The van der Waals surface area contributed by atoms with Crippen LogP contribution in [-0.4, -0.2) is 130 Å². The number of nitrogens with one attached hydrogen (secondary N) is 1. The molecular weight excluding hydrogens is 764 g/mol. The molecule has 1 saturated heterocycles. The van der Waals surface area contributed by atoms with Crippen LogP contribution in [0.1, 0.15) is 70.0 Å². The van der Waals surface area contributed by atoms with Gasteiger partial charge >= 0.3 is 11.8 Å². The fraction of sp³-hybridized carbons (Fsp3) is 0.535. The van der Waals surface area contributed by atoms with Crippen LogP contribution in [0.4, 0.5) is 5.69 Å². The molecule has 1 fully saturated rings. The summed E-state index contributed by atoms with van der Waals surface area (Å²) in [7, 11) is 3.42. The number of aromatic hydroxyl groups is 3. The summed E-state index contributed by atoms with van der Waals surface area (Å²) in [4.78, 5) is 42.6. The molecule has 6 N–H and O–H groups in total. The summed E-state index contributed by atoms with van der Waals surface area (Å²) in [5, 5.41) is 67.0. The van der Waals surface area contributed by atoms with Gasteiger partial charge < -0.3 is 54.7 Å². The second-order valence-corrected chi connectivity index (χ2v) is 16.1. The van der Waals surface area contributed by atoms with E-state index in [4.69, 9.17) is 18.9 Å². The zero-order chi connectivity index (χ0) is 43.7. The number of hydrogen-bond donors (Lipinski definition) is 6. The highest BCUT2D eigenvalue weighted by Crippen LogP contribution is 2.55. The maximum absolute atomic E-state index is 14.4. The Labute approximate surface area is 344 Å². The van der Waals surface area contributed by atoms with E-state index in [0.29, 0.717) is 13.1 Å². The molecule has 0 spiro atoms. The van der Waals surface area contributed by atoms with Crippen molar-refractivity contribution in [3.63, 3.8) is 0 Å². The molecule has 0 aromatic heterocycles. The average Bonchev–Trinajstić information content (AvgIpc) is 3.46. The number of phenols is 3. The van der Waals surface area contributed by atoms with Gasteiger partial charge in [-0.25, -0.2) is 0 Å². The number of anilines is 1. The van der Waals surface area contributed by atoms with Gasteiger partial charge in [-0.1, -0.05) is 45.9 Å². The number of amides is 1. The van der Waals surface area contributed by atoms with Gasteiger partial charge in [-0.2, -0.15) is 5.10 Å². The first kappa shape index (κ1) is 44.9. The normalized spacial score (nSPS) is 30.6. The van der Waals surface area contributed by atoms with E-state index >= 15 is 0 Å². The highest BCUT2D eigenvalue weighted by Gasteiger charge is 2.50. The Hall–Kier alpha value is -5.16. The lowest BCUT2D eigenvalue weighted by Crippen LogP contribution is -2.46. The van der Waals surface area contributed by atoms with Gasteiger partial charge in [0.2, 0.25) is 0 Å². The molecule has 4 aliphatic rings. The van der Waals surface area contributed by atoms with E-state index in [2.05, 4.69) is 15.3 Å². The SMILES string of the molecule is CO[C@H]1C=CO[C@@]2(C)Oc3c(C)c(O)c4c(O)c(c(C=NN5CCN(C)CC5)c(O)c4c3C2=O)NC(=O)C(C)=C/C=C/[C@H](C)[C@H](O)[C@@H](C)[C@@H](OC(C)=O)[C@@H](C)[C@H](O)[C@@H]1C. The molecule has 9 atom stereocenters. The first-order valence-electron chi connectivity index (χ1n) is 19.8. The maximum atomic E-state index is 14.4. The minimum Gasteiger partial charge on any atom is -0.507 e. The number of carbonyl (C=O) groups excluding carboxylic acids is 3. The molecule has 0 radical (unpaired) electrons. The van der Waals surface area contributed by atoms with Crippen LogP contribution in [0, 0.1) is 30.6 Å². The number of ether oxygens (including phenoxy) is 4. The second kappa shape index (κ2) is 18.0. The molecule has 16 heteroatoms. The Morgan fingerprint density at radius 3 is 2.22 bits per heavy atom. The number of aliphatic hydroxyl groups is 2. The largest absolute Gasteiger partial charge is 0.507 e. The maximum Gasteiger partial charge on any atom is 0.312 e. The number of esters is 1. The molecule has 0 saturated carbocycles. The van der Waals surface area contributed by atoms with Gasteiger partial charge in [0, 0.05) is 87.3 Å². The minimum absolute atomic E-state index is 0.0584.